The molecule has 32 heavy (non-hydrogen) atoms. The summed E-state index contributed by atoms with van der Waals surface area (Å²) in [5.41, 5.74) is 5.73. The number of likely N-dealkylation sites (tertiary alicyclic amines) is 1. The number of H-pyrrole nitrogens is 1. The van der Waals surface area contributed by atoms with Gasteiger partial charge in [-0.15, -0.1) is 0 Å². The first-order valence-electron chi connectivity index (χ1n) is 11.5. The van der Waals surface area contributed by atoms with Gasteiger partial charge in [0.05, 0.1) is 24.9 Å². The van der Waals surface area contributed by atoms with Gasteiger partial charge in [-0.3, -0.25) is 4.90 Å². The third-order valence-electron chi connectivity index (χ3n) is 7.20. The Bertz CT molecular complexity index is 1280. The highest BCUT2D eigenvalue weighted by atomic mass is 19.1. The third-order valence-corrected chi connectivity index (χ3v) is 7.20. The van der Waals surface area contributed by atoms with Crippen LogP contribution in [0.15, 0.2) is 36.8 Å². The number of nitrogens with one attached hydrogen (secondary N) is 1. The van der Waals surface area contributed by atoms with Crippen molar-refractivity contribution in [1.29, 1.82) is 0 Å². The van der Waals surface area contributed by atoms with E-state index in [0.29, 0.717) is 17.9 Å². The molecule has 0 atom stereocenters. The second kappa shape index (κ2) is 7.67. The molecule has 2 aliphatic rings. The topological polar surface area (TPSA) is 58.5 Å². The van der Waals surface area contributed by atoms with Crippen LogP contribution < -0.4 is 0 Å². The van der Waals surface area contributed by atoms with Gasteiger partial charge >= 0.3 is 0 Å². The lowest BCUT2D eigenvalue weighted by atomic mass is 9.87. The Hall–Kier alpha value is -2.77. The molecule has 0 saturated carbocycles. The lowest BCUT2D eigenvalue weighted by Crippen LogP contribution is -2.51. The van der Waals surface area contributed by atoms with Gasteiger partial charge in [-0.05, 0) is 67.1 Å². The number of aromatic nitrogens is 4. The number of piperidine rings is 1. The molecule has 1 aromatic carbocycles. The van der Waals surface area contributed by atoms with Crippen LogP contribution in [0.3, 0.4) is 0 Å². The summed E-state index contributed by atoms with van der Waals surface area (Å²) < 4.78 is 21.5. The van der Waals surface area contributed by atoms with Gasteiger partial charge in [0.2, 0.25) is 0 Å². The second-order valence-electron chi connectivity index (χ2n) is 9.48. The quantitative estimate of drug-likeness (QED) is 0.506. The molecule has 6 rings (SSSR count). The van der Waals surface area contributed by atoms with Gasteiger partial charge in [0.1, 0.15) is 6.33 Å². The Balaban J connectivity index is 1.37. The van der Waals surface area contributed by atoms with E-state index in [1.54, 1.807) is 6.07 Å². The number of aromatic amines is 1. The summed E-state index contributed by atoms with van der Waals surface area (Å²) in [6, 6.07) is 9.00. The predicted octanol–water partition coefficient (Wildman–Crippen LogP) is 4.72. The molecule has 0 aliphatic carbocycles. The Morgan fingerprint density at radius 1 is 1.16 bits per heavy atom. The molecule has 7 heteroatoms. The predicted molar refractivity (Wildman–Crippen MR) is 122 cm³/mol. The van der Waals surface area contributed by atoms with E-state index in [9.17, 15) is 4.39 Å². The number of hydrogen-bond acceptors (Lipinski definition) is 4. The van der Waals surface area contributed by atoms with Crippen molar-refractivity contribution in [1.82, 2.24) is 24.5 Å². The Morgan fingerprint density at radius 3 is 2.69 bits per heavy atom. The van der Waals surface area contributed by atoms with Crippen LogP contribution in [0.5, 0.6) is 0 Å². The van der Waals surface area contributed by atoms with Gasteiger partial charge in [-0.1, -0.05) is 19.9 Å². The van der Waals surface area contributed by atoms with Crippen LogP contribution in [0.25, 0.3) is 27.8 Å². The van der Waals surface area contributed by atoms with Crippen LogP contribution >= 0.6 is 0 Å². The normalized spacial score (nSPS) is 18.8. The number of hydrogen-bond donors (Lipinski definition) is 1. The Labute approximate surface area is 186 Å². The van der Waals surface area contributed by atoms with Gasteiger partial charge in [0.15, 0.2) is 11.5 Å². The maximum absolute atomic E-state index is 14.6. The molecule has 166 valence electrons. The van der Waals surface area contributed by atoms with Crippen molar-refractivity contribution in [2.45, 2.75) is 44.6 Å². The van der Waals surface area contributed by atoms with E-state index in [4.69, 9.17) is 4.74 Å². The zero-order chi connectivity index (χ0) is 21.8. The summed E-state index contributed by atoms with van der Waals surface area (Å²) in [6.07, 6.45) is 5.60. The van der Waals surface area contributed by atoms with E-state index in [1.165, 1.54) is 40.2 Å². The Morgan fingerprint density at radius 2 is 1.97 bits per heavy atom. The van der Waals surface area contributed by atoms with Crippen molar-refractivity contribution < 1.29 is 9.13 Å². The number of pyridine rings is 1. The van der Waals surface area contributed by atoms with Gasteiger partial charge in [0.25, 0.3) is 0 Å². The van der Waals surface area contributed by atoms with Gasteiger partial charge < -0.3 is 9.72 Å². The molecule has 3 aromatic heterocycles. The van der Waals surface area contributed by atoms with Crippen molar-refractivity contribution in [3.8, 4) is 11.3 Å². The highest BCUT2D eigenvalue weighted by Gasteiger charge is 2.30. The van der Waals surface area contributed by atoms with Crippen molar-refractivity contribution in [3.05, 3.63) is 53.7 Å². The largest absolute Gasteiger partial charge is 0.378 e. The summed E-state index contributed by atoms with van der Waals surface area (Å²) in [5.74, 6) is 0.514. The van der Waals surface area contributed by atoms with Crippen molar-refractivity contribution in [3.63, 3.8) is 0 Å². The van der Waals surface area contributed by atoms with E-state index in [2.05, 4.69) is 52.0 Å². The van der Waals surface area contributed by atoms with E-state index in [0.717, 1.165) is 43.1 Å². The van der Waals surface area contributed by atoms with Crippen molar-refractivity contribution in [2.24, 2.45) is 0 Å². The first kappa shape index (κ1) is 19.9. The molecule has 4 aromatic rings. The van der Waals surface area contributed by atoms with Crippen LogP contribution in [-0.4, -0.2) is 56.8 Å². The molecule has 2 saturated heterocycles. The van der Waals surface area contributed by atoms with Crippen LogP contribution in [0.1, 0.15) is 49.7 Å². The van der Waals surface area contributed by atoms with Gasteiger partial charge in [0, 0.05) is 22.7 Å². The third kappa shape index (κ3) is 3.22. The van der Waals surface area contributed by atoms with Crippen LogP contribution in [-0.2, 0) is 4.74 Å². The van der Waals surface area contributed by atoms with E-state index < -0.39 is 0 Å². The van der Waals surface area contributed by atoms with E-state index in [1.807, 2.05) is 6.20 Å². The highest BCUT2D eigenvalue weighted by molar-refractivity contribution is 5.92. The summed E-state index contributed by atoms with van der Waals surface area (Å²) in [7, 11) is 0. The number of benzene rings is 1. The van der Waals surface area contributed by atoms with Crippen molar-refractivity contribution >= 4 is 16.6 Å². The zero-order valence-corrected chi connectivity index (χ0v) is 18.5. The summed E-state index contributed by atoms with van der Waals surface area (Å²) in [4.78, 5) is 10.1. The fraction of sp³-hybridized carbons (Fsp3) is 0.440. The number of rotatable bonds is 4. The lowest BCUT2D eigenvalue weighted by molar-refractivity contribution is -0.0712. The number of fused-ring (bicyclic) bond motifs is 2. The number of nitrogens with zero attached hydrogens (tertiary/aromatic N) is 4. The molecular formula is C25H28FN5O. The molecule has 0 bridgehead atoms. The smallest absolute Gasteiger partial charge is 0.191 e. The van der Waals surface area contributed by atoms with E-state index in [-0.39, 0.29) is 11.5 Å². The van der Waals surface area contributed by atoms with Crippen LogP contribution in [0, 0.1) is 5.82 Å². The van der Waals surface area contributed by atoms with Gasteiger partial charge in [-0.25, -0.2) is 13.9 Å². The zero-order valence-electron chi connectivity index (χ0n) is 18.5. The van der Waals surface area contributed by atoms with E-state index >= 15 is 0 Å². The van der Waals surface area contributed by atoms with Crippen molar-refractivity contribution in [2.75, 3.05) is 26.3 Å². The Kier molecular flexibility index (Phi) is 4.77. The highest BCUT2D eigenvalue weighted by Crippen LogP contribution is 2.38. The minimum atomic E-state index is -0.363. The number of halogens is 1. The maximum Gasteiger partial charge on any atom is 0.191 e. The molecule has 6 nitrogen and oxygen atoms in total. The minimum Gasteiger partial charge on any atom is -0.378 e. The fourth-order valence-corrected chi connectivity index (χ4v) is 5.37. The summed E-state index contributed by atoms with van der Waals surface area (Å²) >= 11 is 0. The molecule has 0 spiro atoms. The van der Waals surface area contributed by atoms with Crippen LogP contribution in [0.4, 0.5) is 4.39 Å². The van der Waals surface area contributed by atoms with Crippen LogP contribution in [0.2, 0.25) is 0 Å². The SMILES string of the molecule is CC(C)c1c(-c2cc(F)c3ncnn3c2)[nH]c2ccc(C3CCN(C4COC4)CC3)cc12. The minimum absolute atomic E-state index is 0.248. The molecule has 1 N–H and O–H groups in total. The summed E-state index contributed by atoms with van der Waals surface area (Å²) in [6.45, 7) is 8.46. The molecule has 0 radical (unpaired) electrons. The average molecular weight is 434 g/mol. The second-order valence-corrected chi connectivity index (χ2v) is 9.48. The molecule has 0 amide bonds. The molecule has 5 heterocycles. The number of ether oxygens (including phenoxy) is 1. The average Bonchev–Trinajstić information content (AvgIpc) is 3.37. The molecule has 0 unspecified atom stereocenters. The standard InChI is InChI=1S/C25H28FN5O/c1-15(2)23-20-9-17(16-5-7-30(8-6-16)19-12-32-13-19)3-4-22(20)29-24(23)18-10-21(26)25-27-14-28-31(25)11-18/h3-4,9-11,14-16,19,29H,5-8,12-13H2,1-2H3. The lowest BCUT2D eigenvalue weighted by Gasteiger charge is -2.41. The van der Waals surface area contributed by atoms with Gasteiger partial charge in [-0.2, -0.15) is 5.10 Å². The summed E-state index contributed by atoms with van der Waals surface area (Å²) in [5, 5.41) is 5.38. The first-order valence-corrected chi connectivity index (χ1v) is 11.5. The fourth-order valence-electron chi connectivity index (χ4n) is 5.37. The molecule has 2 fully saturated rings. The first-order chi connectivity index (χ1) is 15.6. The molecule has 2 aliphatic heterocycles. The monoisotopic (exact) mass is 433 g/mol. The maximum atomic E-state index is 14.6. The molecular weight excluding hydrogens is 405 g/mol.